The van der Waals surface area contributed by atoms with E-state index in [2.05, 4.69) is 15.6 Å². The molecule has 1 saturated carbocycles. The molecule has 0 spiro atoms. The van der Waals surface area contributed by atoms with Crippen LogP contribution in [0.3, 0.4) is 0 Å². The fraction of sp³-hybridized carbons (Fsp3) is 0.667. The molecule has 6 heteroatoms. The molecule has 100 valence electrons. The first-order valence-corrected chi connectivity index (χ1v) is 7.20. The van der Waals surface area contributed by atoms with E-state index in [-0.39, 0.29) is 12.6 Å². The number of carbonyl (C=O) groups excluding carboxylic acids is 1. The van der Waals surface area contributed by atoms with Gasteiger partial charge in [0.2, 0.25) is 0 Å². The third kappa shape index (κ3) is 3.00. The second kappa shape index (κ2) is 5.67. The number of thiazole rings is 1. The predicted molar refractivity (Wildman–Crippen MR) is 71.9 cm³/mol. The Morgan fingerprint density at radius 3 is 2.83 bits per heavy atom. The summed E-state index contributed by atoms with van der Waals surface area (Å²) in [5.74, 6) is 0. The minimum Gasteiger partial charge on any atom is -0.394 e. The standard InChI is InChI=1S/C12H19N3O2S/c1-2-9-7-18-11(13-9)14-10(17)15-12(8-16)5-3-4-6-12/h7,16H,2-6,8H2,1H3,(H2,13,14,15,17). The van der Waals surface area contributed by atoms with Gasteiger partial charge in [-0.1, -0.05) is 19.8 Å². The van der Waals surface area contributed by atoms with E-state index < -0.39 is 5.54 Å². The van der Waals surface area contributed by atoms with Crippen molar-refractivity contribution >= 4 is 22.5 Å². The molecule has 2 amide bonds. The van der Waals surface area contributed by atoms with E-state index in [1.807, 2.05) is 12.3 Å². The Morgan fingerprint density at radius 1 is 1.56 bits per heavy atom. The Labute approximate surface area is 111 Å². The van der Waals surface area contributed by atoms with Crippen LogP contribution in [0.4, 0.5) is 9.93 Å². The summed E-state index contributed by atoms with van der Waals surface area (Å²) in [6.07, 6.45) is 4.65. The highest BCUT2D eigenvalue weighted by Gasteiger charge is 2.34. The zero-order chi connectivity index (χ0) is 13.0. The molecule has 1 aromatic rings. The molecule has 1 aromatic heterocycles. The van der Waals surface area contributed by atoms with Crippen molar-refractivity contribution in [1.29, 1.82) is 0 Å². The van der Waals surface area contributed by atoms with Crippen molar-refractivity contribution in [1.82, 2.24) is 10.3 Å². The SMILES string of the molecule is CCc1csc(NC(=O)NC2(CO)CCCC2)n1. The second-order valence-electron chi connectivity index (χ2n) is 4.72. The summed E-state index contributed by atoms with van der Waals surface area (Å²) in [5.41, 5.74) is 0.544. The van der Waals surface area contributed by atoms with Crippen LogP contribution in [0.1, 0.15) is 38.3 Å². The van der Waals surface area contributed by atoms with Gasteiger partial charge in [-0.25, -0.2) is 9.78 Å². The number of aliphatic hydroxyl groups is 1. The normalized spacial score (nSPS) is 17.7. The van der Waals surface area contributed by atoms with Gasteiger partial charge in [0.15, 0.2) is 5.13 Å². The second-order valence-corrected chi connectivity index (χ2v) is 5.58. The number of anilines is 1. The quantitative estimate of drug-likeness (QED) is 0.784. The highest BCUT2D eigenvalue weighted by atomic mass is 32.1. The maximum atomic E-state index is 11.9. The van der Waals surface area contributed by atoms with Gasteiger partial charge in [-0.2, -0.15) is 0 Å². The average Bonchev–Trinajstić information content (AvgIpc) is 2.99. The molecule has 0 aliphatic heterocycles. The summed E-state index contributed by atoms with van der Waals surface area (Å²) >= 11 is 1.42. The first kappa shape index (κ1) is 13.3. The van der Waals surface area contributed by atoms with Crippen molar-refractivity contribution in [2.24, 2.45) is 0 Å². The molecule has 1 heterocycles. The minimum absolute atomic E-state index is 0.00149. The minimum atomic E-state index is -0.436. The van der Waals surface area contributed by atoms with Crippen LogP contribution in [0.15, 0.2) is 5.38 Å². The Morgan fingerprint density at radius 2 is 2.28 bits per heavy atom. The average molecular weight is 269 g/mol. The molecule has 1 aliphatic carbocycles. The summed E-state index contributed by atoms with van der Waals surface area (Å²) in [4.78, 5) is 16.1. The number of aromatic nitrogens is 1. The van der Waals surface area contributed by atoms with Crippen LogP contribution in [0, 0.1) is 0 Å². The molecule has 0 radical (unpaired) electrons. The first-order valence-electron chi connectivity index (χ1n) is 6.32. The zero-order valence-corrected chi connectivity index (χ0v) is 11.3. The van der Waals surface area contributed by atoms with E-state index in [1.54, 1.807) is 0 Å². The summed E-state index contributed by atoms with van der Waals surface area (Å²) in [7, 11) is 0. The highest BCUT2D eigenvalue weighted by molar-refractivity contribution is 7.13. The number of rotatable bonds is 4. The van der Waals surface area contributed by atoms with Crippen LogP contribution in [-0.2, 0) is 6.42 Å². The van der Waals surface area contributed by atoms with Crippen LogP contribution in [0.2, 0.25) is 0 Å². The molecule has 0 atom stereocenters. The van der Waals surface area contributed by atoms with Crippen LogP contribution in [-0.4, -0.2) is 28.3 Å². The zero-order valence-electron chi connectivity index (χ0n) is 10.5. The van der Waals surface area contributed by atoms with Gasteiger partial charge in [0.25, 0.3) is 0 Å². The van der Waals surface area contributed by atoms with Gasteiger partial charge in [-0.3, -0.25) is 5.32 Å². The van der Waals surface area contributed by atoms with Gasteiger partial charge in [0.1, 0.15) is 0 Å². The number of hydrogen-bond acceptors (Lipinski definition) is 4. The lowest BCUT2D eigenvalue weighted by molar-refractivity contribution is 0.167. The van der Waals surface area contributed by atoms with Gasteiger partial charge in [0, 0.05) is 5.38 Å². The van der Waals surface area contributed by atoms with E-state index in [1.165, 1.54) is 11.3 Å². The van der Waals surface area contributed by atoms with Crippen LogP contribution in [0.5, 0.6) is 0 Å². The lowest BCUT2D eigenvalue weighted by Crippen LogP contribution is -2.50. The number of nitrogens with zero attached hydrogens (tertiary/aromatic N) is 1. The fourth-order valence-corrected chi connectivity index (χ4v) is 3.06. The summed E-state index contributed by atoms with van der Waals surface area (Å²) in [6, 6.07) is -0.275. The van der Waals surface area contributed by atoms with E-state index in [9.17, 15) is 9.90 Å². The number of hydrogen-bond donors (Lipinski definition) is 3. The third-order valence-corrected chi connectivity index (χ3v) is 4.18. The first-order chi connectivity index (χ1) is 8.67. The van der Waals surface area contributed by atoms with E-state index in [4.69, 9.17) is 0 Å². The van der Waals surface area contributed by atoms with Crippen molar-refractivity contribution in [3.8, 4) is 0 Å². The van der Waals surface area contributed by atoms with E-state index in [0.717, 1.165) is 37.8 Å². The molecule has 0 unspecified atom stereocenters. The Hall–Kier alpha value is -1.14. The van der Waals surface area contributed by atoms with Crippen molar-refractivity contribution in [2.75, 3.05) is 11.9 Å². The molecule has 2 rings (SSSR count). The topological polar surface area (TPSA) is 74.2 Å². The number of aliphatic hydroxyl groups excluding tert-OH is 1. The molecule has 3 N–H and O–H groups in total. The largest absolute Gasteiger partial charge is 0.394 e. The lowest BCUT2D eigenvalue weighted by Gasteiger charge is -2.27. The van der Waals surface area contributed by atoms with E-state index >= 15 is 0 Å². The molecule has 5 nitrogen and oxygen atoms in total. The van der Waals surface area contributed by atoms with Crippen LogP contribution in [0.25, 0.3) is 0 Å². The predicted octanol–water partition coefficient (Wildman–Crippen LogP) is 2.13. The number of amides is 2. The molecule has 18 heavy (non-hydrogen) atoms. The molecular formula is C12H19N3O2S. The van der Waals surface area contributed by atoms with Crippen LogP contribution >= 0.6 is 11.3 Å². The summed E-state index contributed by atoms with van der Waals surface area (Å²) in [5, 5.41) is 17.6. The van der Waals surface area contributed by atoms with Crippen molar-refractivity contribution < 1.29 is 9.90 Å². The third-order valence-electron chi connectivity index (χ3n) is 3.38. The molecule has 0 aromatic carbocycles. The van der Waals surface area contributed by atoms with Gasteiger partial charge < -0.3 is 10.4 Å². The number of urea groups is 1. The molecular weight excluding hydrogens is 250 g/mol. The Bertz CT molecular complexity index is 413. The summed E-state index contributed by atoms with van der Waals surface area (Å²) in [6.45, 7) is 2.02. The van der Waals surface area contributed by atoms with Crippen molar-refractivity contribution in [2.45, 2.75) is 44.6 Å². The van der Waals surface area contributed by atoms with Crippen LogP contribution < -0.4 is 10.6 Å². The van der Waals surface area contributed by atoms with Gasteiger partial charge in [-0.05, 0) is 19.3 Å². The van der Waals surface area contributed by atoms with Gasteiger partial charge >= 0.3 is 6.03 Å². The molecule has 1 fully saturated rings. The molecule has 0 bridgehead atoms. The summed E-state index contributed by atoms with van der Waals surface area (Å²) < 4.78 is 0. The van der Waals surface area contributed by atoms with Crippen molar-refractivity contribution in [3.63, 3.8) is 0 Å². The maximum Gasteiger partial charge on any atom is 0.321 e. The Kier molecular flexibility index (Phi) is 4.19. The maximum absolute atomic E-state index is 11.9. The molecule has 0 saturated heterocycles. The lowest BCUT2D eigenvalue weighted by atomic mass is 9.99. The van der Waals surface area contributed by atoms with Gasteiger partial charge in [-0.15, -0.1) is 11.3 Å². The fourth-order valence-electron chi connectivity index (χ4n) is 2.27. The number of carbonyl (C=O) groups is 1. The number of nitrogens with one attached hydrogen (secondary N) is 2. The number of aryl methyl sites for hydroxylation is 1. The molecule has 1 aliphatic rings. The van der Waals surface area contributed by atoms with Crippen molar-refractivity contribution in [3.05, 3.63) is 11.1 Å². The monoisotopic (exact) mass is 269 g/mol. The van der Waals surface area contributed by atoms with E-state index in [0.29, 0.717) is 5.13 Å². The smallest absolute Gasteiger partial charge is 0.321 e. The Balaban J connectivity index is 1.91. The van der Waals surface area contributed by atoms with Gasteiger partial charge in [0.05, 0.1) is 17.8 Å². The highest BCUT2D eigenvalue weighted by Crippen LogP contribution is 2.29.